The number of aryl methyl sites for hydroxylation is 1. The lowest BCUT2D eigenvalue weighted by Gasteiger charge is -2.30. The molecule has 0 bridgehead atoms. The van der Waals surface area contributed by atoms with Gasteiger partial charge in [0.2, 0.25) is 0 Å². The number of benzene rings is 3. The molecule has 35 heavy (non-hydrogen) atoms. The Morgan fingerprint density at radius 3 is 2.23 bits per heavy atom. The molecule has 1 aliphatic heterocycles. The van der Waals surface area contributed by atoms with E-state index in [1.54, 1.807) is 0 Å². The normalized spacial score (nSPS) is 15.1. The summed E-state index contributed by atoms with van der Waals surface area (Å²) in [5, 5.41) is 0. The van der Waals surface area contributed by atoms with Gasteiger partial charge < -0.3 is 0 Å². The molecule has 0 unspecified atom stereocenters. The fourth-order valence-electron chi connectivity index (χ4n) is 5.61. The number of fused-ring (bicyclic) bond motifs is 2. The molecule has 2 heterocycles. The van der Waals surface area contributed by atoms with Gasteiger partial charge in [0.15, 0.2) is 0 Å². The van der Waals surface area contributed by atoms with Crippen molar-refractivity contribution < 1.29 is 0 Å². The maximum atomic E-state index is 14.1. The topological polar surface area (TPSA) is 38.1 Å². The first-order valence-corrected chi connectivity index (χ1v) is 12.4. The quantitative estimate of drug-likeness (QED) is 0.412. The second-order valence-electron chi connectivity index (χ2n) is 9.62. The molecule has 0 spiro atoms. The van der Waals surface area contributed by atoms with Crippen LogP contribution in [0.2, 0.25) is 0 Å². The van der Waals surface area contributed by atoms with Crippen LogP contribution >= 0.6 is 0 Å². The average Bonchev–Trinajstić information content (AvgIpc) is 3.30. The van der Waals surface area contributed by atoms with E-state index in [-0.39, 0.29) is 11.6 Å². The third-order valence-electron chi connectivity index (χ3n) is 7.27. The molecular formula is C31H29N3O. The molecule has 4 nitrogen and oxygen atoms in total. The summed E-state index contributed by atoms with van der Waals surface area (Å²) in [6.07, 6.45) is 4.13. The molecule has 0 atom stereocenters. The second kappa shape index (κ2) is 9.12. The van der Waals surface area contributed by atoms with Crippen molar-refractivity contribution in [3.63, 3.8) is 0 Å². The Hall–Kier alpha value is -3.76. The largest absolute Gasteiger partial charge is 0.294 e. The highest BCUT2D eigenvalue weighted by Crippen LogP contribution is 2.29. The minimum atomic E-state index is -0.204. The minimum absolute atomic E-state index is 0.0820. The van der Waals surface area contributed by atoms with Crippen molar-refractivity contribution in [2.75, 3.05) is 13.1 Å². The van der Waals surface area contributed by atoms with E-state index < -0.39 is 0 Å². The molecular weight excluding hydrogens is 430 g/mol. The van der Waals surface area contributed by atoms with Gasteiger partial charge in [0.25, 0.3) is 5.56 Å². The van der Waals surface area contributed by atoms with E-state index in [1.165, 1.54) is 16.7 Å². The zero-order valence-electron chi connectivity index (χ0n) is 20.0. The Kier molecular flexibility index (Phi) is 5.67. The van der Waals surface area contributed by atoms with Crippen LogP contribution in [0.3, 0.4) is 0 Å². The Bertz CT molecular complexity index is 1410. The highest BCUT2D eigenvalue weighted by atomic mass is 16.1. The fourth-order valence-corrected chi connectivity index (χ4v) is 5.61. The fraction of sp³-hybridized carbons (Fsp3) is 0.226. The van der Waals surface area contributed by atoms with Gasteiger partial charge in [-0.3, -0.25) is 14.3 Å². The number of aromatic nitrogens is 2. The van der Waals surface area contributed by atoms with E-state index in [9.17, 15) is 4.79 Å². The summed E-state index contributed by atoms with van der Waals surface area (Å²) < 4.78 is 1.90. The lowest BCUT2D eigenvalue weighted by Crippen LogP contribution is -2.40. The first-order valence-electron chi connectivity index (χ1n) is 12.4. The van der Waals surface area contributed by atoms with Crippen LogP contribution in [0.15, 0.2) is 95.3 Å². The van der Waals surface area contributed by atoms with Crippen molar-refractivity contribution in [1.82, 2.24) is 14.5 Å². The van der Waals surface area contributed by atoms with Gasteiger partial charge in [-0.25, -0.2) is 4.98 Å². The van der Waals surface area contributed by atoms with Crippen molar-refractivity contribution >= 4 is 6.08 Å². The molecule has 6 rings (SSSR count). The van der Waals surface area contributed by atoms with Crippen LogP contribution in [0.5, 0.6) is 0 Å². The lowest BCUT2D eigenvalue weighted by atomic mass is 9.97. The molecule has 0 amide bonds. The molecule has 1 aromatic heterocycles. The van der Waals surface area contributed by atoms with Crippen LogP contribution in [-0.4, -0.2) is 27.5 Å². The Balaban J connectivity index is 1.35. The molecule has 4 heteroatoms. The first kappa shape index (κ1) is 21.8. The van der Waals surface area contributed by atoms with Gasteiger partial charge >= 0.3 is 0 Å². The van der Waals surface area contributed by atoms with E-state index in [2.05, 4.69) is 59.5 Å². The summed E-state index contributed by atoms with van der Waals surface area (Å²) in [6, 6.07) is 29.0. The Morgan fingerprint density at radius 1 is 0.886 bits per heavy atom. The van der Waals surface area contributed by atoms with Gasteiger partial charge in [-0.2, -0.15) is 0 Å². The molecule has 1 aliphatic carbocycles. The van der Waals surface area contributed by atoms with Crippen LogP contribution in [-0.2, 0) is 19.4 Å². The third-order valence-corrected chi connectivity index (χ3v) is 7.27. The molecule has 174 valence electrons. The van der Waals surface area contributed by atoms with E-state index in [4.69, 9.17) is 4.98 Å². The van der Waals surface area contributed by atoms with Gasteiger partial charge in [-0.15, -0.1) is 0 Å². The van der Waals surface area contributed by atoms with Gasteiger partial charge in [0, 0.05) is 26.1 Å². The van der Waals surface area contributed by atoms with E-state index in [1.807, 2.05) is 47.9 Å². The molecule has 4 aromatic rings. The van der Waals surface area contributed by atoms with E-state index >= 15 is 0 Å². The molecule has 0 radical (unpaired) electrons. The van der Waals surface area contributed by atoms with Crippen molar-refractivity contribution in [2.24, 2.45) is 0 Å². The van der Waals surface area contributed by atoms with Crippen LogP contribution < -0.4 is 5.56 Å². The van der Waals surface area contributed by atoms with Crippen LogP contribution in [0.1, 0.15) is 45.4 Å². The Morgan fingerprint density at radius 2 is 1.54 bits per heavy atom. The van der Waals surface area contributed by atoms with Crippen molar-refractivity contribution in [3.8, 4) is 0 Å². The van der Waals surface area contributed by atoms with Gasteiger partial charge in [-0.1, -0.05) is 96.6 Å². The molecule has 0 saturated carbocycles. The van der Waals surface area contributed by atoms with Crippen LogP contribution in [0, 0.1) is 6.92 Å². The van der Waals surface area contributed by atoms with Crippen molar-refractivity contribution in [2.45, 2.75) is 32.4 Å². The smallest absolute Gasteiger partial charge is 0.259 e. The number of rotatable bonds is 5. The highest BCUT2D eigenvalue weighted by molar-refractivity contribution is 5.63. The van der Waals surface area contributed by atoms with Crippen LogP contribution in [0.4, 0.5) is 0 Å². The van der Waals surface area contributed by atoms with Crippen LogP contribution in [0.25, 0.3) is 6.08 Å². The van der Waals surface area contributed by atoms with Gasteiger partial charge in [-0.05, 0) is 35.6 Å². The number of hydrogen-bond donors (Lipinski definition) is 0. The minimum Gasteiger partial charge on any atom is -0.294 e. The first-order chi connectivity index (χ1) is 17.2. The Labute approximate surface area is 206 Å². The summed E-state index contributed by atoms with van der Waals surface area (Å²) in [5.41, 5.74) is 8.21. The van der Waals surface area contributed by atoms with Crippen molar-refractivity contribution in [3.05, 3.63) is 140 Å². The molecule has 0 fully saturated rings. The third kappa shape index (κ3) is 4.15. The summed E-state index contributed by atoms with van der Waals surface area (Å²) >= 11 is 0. The zero-order valence-corrected chi connectivity index (χ0v) is 20.0. The SMILES string of the molecule is Cc1nc2c(c(=O)n1C(c1ccccc1)c1ccccc1)CN(CC1=Cc3ccccc3C1)CC2. The number of hydrogen-bond acceptors (Lipinski definition) is 3. The van der Waals surface area contributed by atoms with Gasteiger partial charge in [0.1, 0.15) is 5.82 Å². The zero-order chi connectivity index (χ0) is 23.8. The molecule has 0 N–H and O–H groups in total. The maximum Gasteiger partial charge on any atom is 0.259 e. The van der Waals surface area contributed by atoms with Gasteiger partial charge in [0.05, 0.1) is 17.3 Å². The van der Waals surface area contributed by atoms with E-state index in [0.717, 1.165) is 54.1 Å². The number of nitrogens with zero attached hydrogens (tertiary/aromatic N) is 3. The van der Waals surface area contributed by atoms with Crippen molar-refractivity contribution in [1.29, 1.82) is 0 Å². The summed E-state index contributed by atoms with van der Waals surface area (Å²) in [5.74, 6) is 0.772. The summed E-state index contributed by atoms with van der Waals surface area (Å²) in [4.78, 5) is 21.4. The predicted octanol–water partition coefficient (Wildman–Crippen LogP) is 5.19. The standard InChI is InChI=1S/C31H29N3O/c1-22-32-29-16-17-33(20-23-18-26-14-8-9-15-27(26)19-23)21-28(29)31(35)34(22)30(24-10-4-2-5-11-24)25-12-6-3-7-13-25/h2-15,18,30H,16-17,19-21H2,1H3. The molecule has 3 aromatic carbocycles. The van der Waals surface area contributed by atoms with E-state index in [0.29, 0.717) is 6.54 Å². The highest BCUT2D eigenvalue weighted by Gasteiger charge is 2.27. The predicted molar refractivity (Wildman–Crippen MR) is 140 cm³/mol. The molecule has 0 saturated heterocycles. The summed E-state index contributed by atoms with van der Waals surface area (Å²) in [7, 11) is 0. The average molecular weight is 460 g/mol. The lowest BCUT2D eigenvalue weighted by molar-refractivity contribution is 0.268. The molecule has 2 aliphatic rings. The summed E-state index contributed by atoms with van der Waals surface area (Å²) in [6.45, 7) is 4.43. The maximum absolute atomic E-state index is 14.1. The second-order valence-corrected chi connectivity index (χ2v) is 9.62. The monoisotopic (exact) mass is 459 g/mol.